The van der Waals surface area contributed by atoms with E-state index in [2.05, 4.69) is 35.6 Å². The highest BCUT2D eigenvalue weighted by Gasteiger charge is 2.42. The van der Waals surface area contributed by atoms with Gasteiger partial charge in [-0.1, -0.05) is 48.5 Å². The molecule has 4 rings (SSSR count). The lowest BCUT2D eigenvalue weighted by Gasteiger charge is -2.20. The molecule has 3 atom stereocenters. The van der Waals surface area contributed by atoms with Gasteiger partial charge in [-0.2, -0.15) is 0 Å². The molecule has 2 fully saturated rings. The molecule has 4 heteroatoms. The van der Waals surface area contributed by atoms with Crippen LogP contribution in [0.3, 0.4) is 0 Å². The lowest BCUT2D eigenvalue weighted by Crippen LogP contribution is -2.38. The van der Waals surface area contributed by atoms with Gasteiger partial charge in [0.1, 0.15) is 5.75 Å². The summed E-state index contributed by atoms with van der Waals surface area (Å²) in [4.78, 5) is 14.6. The lowest BCUT2D eigenvalue weighted by atomic mass is 9.96. The number of methoxy groups -OCH3 is 1. The van der Waals surface area contributed by atoms with Crippen LogP contribution in [-0.2, 0) is 6.54 Å². The zero-order valence-electron chi connectivity index (χ0n) is 15.2. The van der Waals surface area contributed by atoms with Gasteiger partial charge in [-0.3, -0.25) is 0 Å². The first kappa shape index (κ1) is 17.0. The van der Waals surface area contributed by atoms with E-state index in [0.717, 1.165) is 24.4 Å². The fraction of sp³-hybridized carbons (Fsp3) is 0.409. The van der Waals surface area contributed by atoms with Gasteiger partial charge in [0.25, 0.3) is 0 Å². The number of hydrogen-bond donors (Lipinski definition) is 1. The first-order chi connectivity index (χ1) is 12.7. The quantitative estimate of drug-likeness (QED) is 0.904. The van der Waals surface area contributed by atoms with Crippen LogP contribution < -0.4 is 10.1 Å². The number of amides is 2. The molecule has 4 nitrogen and oxygen atoms in total. The molecule has 1 aliphatic heterocycles. The van der Waals surface area contributed by atoms with Crippen LogP contribution in [0.5, 0.6) is 5.75 Å². The highest BCUT2D eigenvalue weighted by Crippen LogP contribution is 2.46. The SMILES string of the molecule is COc1ccccc1CNC(=O)N1C[C@H]2CC(c3ccccc3)C[C@H]2C1. The number of para-hydroxylation sites is 1. The van der Waals surface area contributed by atoms with E-state index in [1.807, 2.05) is 29.2 Å². The van der Waals surface area contributed by atoms with E-state index in [9.17, 15) is 4.79 Å². The third-order valence-electron chi connectivity index (χ3n) is 5.93. The molecule has 1 aliphatic carbocycles. The van der Waals surface area contributed by atoms with Gasteiger partial charge in [-0.25, -0.2) is 4.79 Å². The third kappa shape index (κ3) is 3.41. The van der Waals surface area contributed by atoms with Crippen LogP contribution in [0.25, 0.3) is 0 Å². The number of likely N-dealkylation sites (tertiary alicyclic amines) is 1. The van der Waals surface area contributed by atoms with Gasteiger partial charge in [-0.15, -0.1) is 0 Å². The first-order valence-corrected chi connectivity index (χ1v) is 9.44. The Kier molecular flexibility index (Phi) is 4.83. The van der Waals surface area contributed by atoms with Crippen LogP contribution in [0.4, 0.5) is 4.79 Å². The molecule has 0 spiro atoms. The third-order valence-corrected chi connectivity index (χ3v) is 5.93. The maximum Gasteiger partial charge on any atom is 0.317 e. The number of benzene rings is 2. The summed E-state index contributed by atoms with van der Waals surface area (Å²) in [7, 11) is 1.66. The number of nitrogens with zero attached hydrogens (tertiary/aromatic N) is 1. The molecule has 2 aromatic carbocycles. The summed E-state index contributed by atoms with van der Waals surface area (Å²) in [6, 6.07) is 18.7. The van der Waals surface area contributed by atoms with Crippen molar-refractivity contribution in [2.24, 2.45) is 11.8 Å². The number of rotatable bonds is 4. The van der Waals surface area contributed by atoms with Crippen LogP contribution in [0.2, 0.25) is 0 Å². The van der Waals surface area contributed by atoms with Gasteiger partial charge in [0.2, 0.25) is 0 Å². The summed E-state index contributed by atoms with van der Waals surface area (Å²) in [5.41, 5.74) is 2.46. The van der Waals surface area contributed by atoms with E-state index < -0.39 is 0 Å². The van der Waals surface area contributed by atoms with Crippen molar-refractivity contribution < 1.29 is 9.53 Å². The average molecular weight is 350 g/mol. The summed E-state index contributed by atoms with van der Waals surface area (Å²) >= 11 is 0. The molecule has 136 valence electrons. The maximum absolute atomic E-state index is 12.6. The minimum Gasteiger partial charge on any atom is -0.496 e. The monoisotopic (exact) mass is 350 g/mol. The van der Waals surface area contributed by atoms with E-state index in [1.54, 1.807) is 7.11 Å². The topological polar surface area (TPSA) is 41.6 Å². The average Bonchev–Trinajstić information content (AvgIpc) is 3.26. The van der Waals surface area contributed by atoms with Crippen LogP contribution in [0.15, 0.2) is 54.6 Å². The van der Waals surface area contributed by atoms with Gasteiger partial charge < -0.3 is 15.0 Å². The number of fused-ring (bicyclic) bond motifs is 1. The molecular formula is C22H26N2O2. The molecule has 1 unspecified atom stereocenters. The van der Waals surface area contributed by atoms with Crippen LogP contribution in [0.1, 0.15) is 29.9 Å². The highest BCUT2D eigenvalue weighted by molar-refractivity contribution is 5.74. The van der Waals surface area contributed by atoms with Gasteiger partial charge >= 0.3 is 6.03 Å². The number of carbonyl (C=O) groups is 1. The van der Waals surface area contributed by atoms with Gasteiger partial charge in [0.15, 0.2) is 0 Å². The second kappa shape index (κ2) is 7.40. The number of hydrogen-bond acceptors (Lipinski definition) is 2. The smallest absolute Gasteiger partial charge is 0.317 e. The maximum atomic E-state index is 12.6. The second-order valence-corrected chi connectivity index (χ2v) is 7.47. The molecule has 0 bridgehead atoms. The predicted octanol–water partition coefficient (Wildman–Crippen LogP) is 4.03. The largest absolute Gasteiger partial charge is 0.496 e. The molecule has 0 radical (unpaired) electrons. The number of urea groups is 1. The van der Waals surface area contributed by atoms with Crippen LogP contribution >= 0.6 is 0 Å². The number of ether oxygens (including phenoxy) is 1. The highest BCUT2D eigenvalue weighted by atomic mass is 16.5. The Bertz CT molecular complexity index is 748. The van der Waals surface area contributed by atoms with Crippen molar-refractivity contribution in [1.82, 2.24) is 10.2 Å². The fourth-order valence-corrected chi connectivity index (χ4v) is 4.59. The van der Waals surface area contributed by atoms with Crippen molar-refractivity contribution in [2.45, 2.75) is 25.3 Å². The standard InChI is InChI=1S/C22H26N2O2/c1-26-21-10-6-5-9-17(21)13-23-22(25)24-14-19-11-18(12-20(19)15-24)16-7-3-2-4-8-16/h2-10,18-20H,11-15H2,1H3,(H,23,25)/t18?,19-,20+. The molecule has 2 amide bonds. The molecule has 26 heavy (non-hydrogen) atoms. The normalized spacial score (nSPS) is 24.3. The van der Waals surface area contributed by atoms with Crippen molar-refractivity contribution in [1.29, 1.82) is 0 Å². The zero-order valence-corrected chi connectivity index (χ0v) is 15.2. The Balaban J connectivity index is 1.31. The van der Waals surface area contributed by atoms with Gasteiger partial charge in [0, 0.05) is 25.2 Å². The summed E-state index contributed by atoms with van der Waals surface area (Å²) < 4.78 is 5.35. The first-order valence-electron chi connectivity index (χ1n) is 9.44. The van der Waals surface area contributed by atoms with Crippen molar-refractivity contribution in [3.63, 3.8) is 0 Å². The van der Waals surface area contributed by atoms with E-state index in [-0.39, 0.29) is 6.03 Å². The minimum absolute atomic E-state index is 0.0431. The Labute approximate surface area is 155 Å². The predicted molar refractivity (Wildman–Crippen MR) is 102 cm³/mol. The van der Waals surface area contributed by atoms with Crippen LogP contribution in [0, 0.1) is 11.8 Å². The molecule has 1 heterocycles. The molecule has 1 saturated heterocycles. The number of carbonyl (C=O) groups excluding carboxylic acids is 1. The van der Waals surface area contributed by atoms with E-state index in [0.29, 0.717) is 24.3 Å². The summed E-state index contributed by atoms with van der Waals surface area (Å²) in [6.07, 6.45) is 2.40. The van der Waals surface area contributed by atoms with Crippen LogP contribution in [-0.4, -0.2) is 31.1 Å². The van der Waals surface area contributed by atoms with Crippen molar-refractivity contribution in [3.05, 3.63) is 65.7 Å². The van der Waals surface area contributed by atoms with Gasteiger partial charge in [0.05, 0.1) is 7.11 Å². The molecular weight excluding hydrogens is 324 g/mol. The van der Waals surface area contributed by atoms with Crippen molar-refractivity contribution in [3.8, 4) is 5.75 Å². The van der Waals surface area contributed by atoms with E-state index >= 15 is 0 Å². The Morgan fingerprint density at radius 1 is 1.04 bits per heavy atom. The summed E-state index contributed by atoms with van der Waals surface area (Å²) in [5.74, 6) is 2.75. The minimum atomic E-state index is 0.0431. The fourth-order valence-electron chi connectivity index (χ4n) is 4.59. The molecule has 1 saturated carbocycles. The van der Waals surface area contributed by atoms with E-state index in [4.69, 9.17) is 4.74 Å². The Morgan fingerprint density at radius 2 is 1.69 bits per heavy atom. The Morgan fingerprint density at radius 3 is 2.38 bits per heavy atom. The summed E-state index contributed by atoms with van der Waals surface area (Å²) in [5, 5.41) is 3.05. The lowest BCUT2D eigenvalue weighted by molar-refractivity contribution is 0.204. The van der Waals surface area contributed by atoms with E-state index in [1.165, 1.54) is 18.4 Å². The molecule has 1 N–H and O–H groups in total. The molecule has 2 aliphatic rings. The Hall–Kier alpha value is -2.49. The molecule has 2 aromatic rings. The second-order valence-electron chi connectivity index (χ2n) is 7.47. The molecule has 0 aromatic heterocycles. The zero-order chi connectivity index (χ0) is 17.9. The van der Waals surface area contributed by atoms with Crippen molar-refractivity contribution >= 4 is 6.03 Å². The summed E-state index contributed by atoms with van der Waals surface area (Å²) in [6.45, 7) is 2.26. The van der Waals surface area contributed by atoms with Crippen molar-refractivity contribution in [2.75, 3.05) is 20.2 Å². The van der Waals surface area contributed by atoms with Gasteiger partial charge in [-0.05, 0) is 42.2 Å². The number of nitrogens with one attached hydrogen (secondary N) is 1.